The van der Waals surface area contributed by atoms with Gasteiger partial charge in [0, 0.05) is 30.7 Å². The highest BCUT2D eigenvalue weighted by atomic mass is 79.9. The molecule has 0 aliphatic heterocycles. The molecule has 0 unspecified atom stereocenters. The first-order valence-electron chi connectivity index (χ1n) is 10.7. The van der Waals surface area contributed by atoms with E-state index in [9.17, 15) is 0 Å². The summed E-state index contributed by atoms with van der Waals surface area (Å²) in [6.45, 7) is 4.24. The number of hydrogen-bond acceptors (Lipinski definition) is 5. The zero-order chi connectivity index (χ0) is 23.2. The summed E-state index contributed by atoms with van der Waals surface area (Å²) in [5.41, 5.74) is 9.12. The summed E-state index contributed by atoms with van der Waals surface area (Å²) >= 11 is 3.42. The minimum Gasteiger partial charge on any atom is -0.490 e. The molecule has 0 saturated carbocycles. The fourth-order valence-electron chi connectivity index (χ4n) is 3.06. The number of nitrogen functional groups attached to an aromatic ring is 1. The molecule has 32 heavy (non-hydrogen) atoms. The van der Waals surface area contributed by atoms with Gasteiger partial charge < -0.3 is 15.6 Å². The van der Waals surface area contributed by atoms with Gasteiger partial charge in [0.25, 0.3) is 0 Å². The smallest absolute Gasteiger partial charge is 0.143 e. The molecule has 0 aromatic heterocycles. The van der Waals surface area contributed by atoms with Gasteiger partial charge >= 0.3 is 0 Å². The van der Waals surface area contributed by atoms with Crippen molar-refractivity contribution >= 4 is 21.6 Å². The van der Waals surface area contributed by atoms with Crippen LogP contribution in [0.4, 0.5) is 5.69 Å². The molecule has 0 spiro atoms. The first kappa shape index (κ1) is 25.9. The van der Waals surface area contributed by atoms with E-state index in [-0.39, 0.29) is 6.61 Å². The third-order valence-electron chi connectivity index (χ3n) is 4.78. The van der Waals surface area contributed by atoms with E-state index in [0.29, 0.717) is 12.3 Å². The van der Waals surface area contributed by atoms with Crippen LogP contribution in [0.3, 0.4) is 0 Å². The number of rotatable bonds is 10. The second kappa shape index (κ2) is 14.6. The van der Waals surface area contributed by atoms with Crippen LogP contribution in [0.15, 0.2) is 83.3 Å². The van der Waals surface area contributed by atoms with Gasteiger partial charge in [-0.05, 0) is 43.4 Å². The number of halogens is 1. The van der Waals surface area contributed by atoms with Crippen molar-refractivity contribution in [3.05, 3.63) is 94.5 Å². The Balaban J connectivity index is 0.000000258. The monoisotopic (exact) mass is 499 g/mol. The Labute approximate surface area is 200 Å². The van der Waals surface area contributed by atoms with E-state index in [4.69, 9.17) is 15.6 Å². The Hall–Kier alpha value is -2.38. The van der Waals surface area contributed by atoms with Crippen LogP contribution in [0.2, 0.25) is 0 Å². The lowest BCUT2D eigenvalue weighted by Gasteiger charge is -2.17. The first-order chi connectivity index (χ1) is 15.5. The van der Waals surface area contributed by atoms with Crippen molar-refractivity contribution in [1.29, 1.82) is 0 Å². The fraction of sp³-hybridized carbons (Fsp3) is 0.308. The summed E-state index contributed by atoms with van der Waals surface area (Å²) in [5.74, 6) is 0.729. The van der Waals surface area contributed by atoms with Crippen molar-refractivity contribution in [1.82, 2.24) is 9.80 Å². The minimum atomic E-state index is 0.226. The number of anilines is 1. The molecule has 6 heteroatoms. The molecule has 3 aromatic rings. The second-order valence-electron chi connectivity index (χ2n) is 7.70. The summed E-state index contributed by atoms with van der Waals surface area (Å²) < 4.78 is 6.70. The Morgan fingerprint density at radius 1 is 0.812 bits per heavy atom. The van der Waals surface area contributed by atoms with Crippen LogP contribution in [0.1, 0.15) is 11.1 Å². The Morgan fingerprint density at radius 3 is 1.88 bits per heavy atom. The molecule has 0 aliphatic carbocycles. The van der Waals surface area contributed by atoms with Gasteiger partial charge in [0.2, 0.25) is 0 Å². The van der Waals surface area contributed by atoms with E-state index < -0.39 is 0 Å². The highest BCUT2D eigenvalue weighted by Gasteiger charge is 2.04. The van der Waals surface area contributed by atoms with Gasteiger partial charge in [0.1, 0.15) is 12.4 Å². The summed E-state index contributed by atoms with van der Waals surface area (Å²) in [4.78, 5) is 4.32. The van der Waals surface area contributed by atoms with E-state index in [1.807, 2.05) is 49.5 Å². The van der Waals surface area contributed by atoms with Gasteiger partial charge in [0.05, 0.1) is 12.3 Å². The van der Waals surface area contributed by atoms with Crippen molar-refractivity contribution < 1.29 is 9.84 Å². The lowest BCUT2D eigenvalue weighted by Crippen LogP contribution is -2.24. The topological polar surface area (TPSA) is 62.0 Å². The average molecular weight is 500 g/mol. The van der Waals surface area contributed by atoms with Crippen molar-refractivity contribution in [3.63, 3.8) is 0 Å². The van der Waals surface area contributed by atoms with Crippen LogP contribution in [0.25, 0.3) is 0 Å². The van der Waals surface area contributed by atoms with Gasteiger partial charge in [-0.25, -0.2) is 0 Å². The van der Waals surface area contributed by atoms with E-state index in [2.05, 4.69) is 69.2 Å². The number of aliphatic hydroxyl groups excluding tert-OH is 1. The molecule has 3 N–H and O–H groups in total. The van der Waals surface area contributed by atoms with E-state index in [1.165, 1.54) is 11.1 Å². The van der Waals surface area contributed by atoms with Crippen LogP contribution in [0.5, 0.6) is 5.75 Å². The van der Waals surface area contributed by atoms with Crippen LogP contribution in [-0.2, 0) is 13.1 Å². The van der Waals surface area contributed by atoms with Crippen LogP contribution in [0, 0.1) is 0 Å². The number of hydrogen-bond donors (Lipinski definition) is 2. The Kier molecular flexibility index (Phi) is 11.8. The number of benzene rings is 3. The van der Waals surface area contributed by atoms with Crippen LogP contribution < -0.4 is 10.5 Å². The maximum atomic E-state index is 8.67. The predicted molar refractivity (Wildman–Crippen MR) is 137 cm³/mol. The Morgan fingerprint density at radius 2 is 1.34 bits per heavy atom. The lowest BCUT2D eigenvalue weighted by molar-refractivity contribution is 0.217. The molecule has 0 bridgehead atoms. The number of nitrogens with zero attached hydrogens (tertiary/aromatic N) is 2. The molecule has 0 aliphatic rings. The molecule has 0 heterocycles. The largest absolute Gasteiger partial charge is 0.490 e. The number of likely N-dealkylation sites (N-methyl/N-ethyl adjacent to an activating group) is 2. The minimum absolute atomic E-state index is 0.226. The van der Waals surface area contributed by atoms with Gasteiger partial charge in [-0.3, -0.25) is 9.80 Å². The summed E-state index contributed by atoms with van der Waals surface area (Å²) in [6.07, 6.45) is 0. The van der Waals surface area contributed by atoms with Gasteiger partial charge in [-0.15, -0.1) is 0 Å². The van der Waals surface area contributed by atoms with Crippen molar-refractivity contribution in [3.8, 4) is 5.75 Å². The third-order valence-corrected chi connectivity index (χ3v) is 5.27. The third kappa shape index (κ3) is 10.3. The normalized spacial score (nSPS) is 10.7. The predicted octanol–water partition coefficient (Wildman–Crippen LogP) is 4.65. The van der Waals surface area contributed by atoms with Gasteiger partial charge in [-0.2, -0.15) is 0 Å². The second-order valence-corrected chi connectivity index (χ2v) is 8.62. The van der Waals surface area contributed by atoms with Crippen molar-refractivity contribution in [2.75, 3.05) is 46.1 Å². The molecule has 0 amide bonds. The van der Waals surface area contributed by atoms with Gasteiger partial charge in [-0.1, -0.05) is 76.6 Å². The first-order valence-corrected chi connectivity index (χ1v) is 11.5. The summed E-state index contributed by atoms with van der Waals surface area (Å²) in [6, 6.07) is 26.3. The van der Waals surface area contributed by atoms with E-state index in [0.717, 1.165) is 36.4 Å². The molecule has 0 atom stereocenters. The maximum Gasteiger partial charge on any atom is 0.143 e. The molecule has 0 fully saturated rings. The van der Waals surface area contributed by atoms with Gasteiger partial charge in [0.15, 0.2) is 0 Å². The van der Waals surface area contributed by atoms with E-state index in [1.54, 1.807) is 0 Å². The molecule has 0 saturated heterocycles. The molecule has 3 rings (SSSR count). The molecule has 172 valence electrons. The highest BCUT2D eigenvalue weighted by Crippen LogP contribution is 2.25. The standard InChI is InChI=1S/C16H19BrN2O.C10H15NO/c1-19(12-13-5-3-2-4-6-13)9-10-20-16-11-14(17)7-8-15(16)18;1-11(7-8-12)9-10-5-3-2-4-6-10/h2-8,11H,9-10,12,18H2,1H3;2-6,12H,7-9H2,1H3. The van der Waals surface area contributed by atoms with Crippen LogP contribution >= 0.6 is 15.9 Å². The highest BCUT2D eigenvalue weighted by molar-refractivity contribution is 9.10. The quantitative estimate of drug-likeness (QED) is 0.397. The molecule has 5 nitrogen and oxygen atoms in total. The summed E-state index contributed by atoms with van der Waals surface area (Å²) in [7, 11) is 4.09. The summed E-state index contributed by atoms with van der Waals surface area (Å²) in [5, 5.41) is 8.67. The zero-order valence-corrected chi connectivity index (χ0v) is 20.5. The van der Waals surface area contributed by atoms with E-state index >= 15 is 0 Å². The molecular weight excluding hydrogens is 466 g/mol. The number of aliphatic hydroxyl groups is 1. The number of nitrogens with two attached hydrogens (primary N) is 1. The number of ether oxygens (including phenoxy) is 1. The molecule has 3 aromatic carbocycles. The van der Waals surface area contributed by atoms with Crippen molar-refractivity contribution in [2.24, 2.45) is 0 Å². The SMILES string of the molecule is CN(CCO)Cc1ccccc1.CN(CCOc1cc(Br)ccc1N)Cc1ccccc1. The van der Waals surface area contributed by atoms with Crippen LogP contribution in [-0.4, -0.2) is 55.3 Å². The average Bonchev–Trinajstić information content (AvgIpc) is 2.78. The molecule has 0 radical (unpaired) electrons. The van der Waals surface area contributed by atoms with Crippen molar-refractivity contribution in [2.45, 2.75) is 13.1 Å². The lowest BCUT2D eigenvalue weighted by atomic mass is 10.2. The maximum absolute atomic E-state index is 8.67. The zero-order valence-electron chi connectivity index (χ0n) is 19.0. The fourth-order valence-corrected chi connectivity index (χ4v) is 3.40. The Bertz CT molecular complexity index is 894. The molecular formula is C26H34BrN3O2.